The van der Waals surface area contributed by atoms with Gasteiger partial charge in [0.25, 0.3) is 0 Å². The van der Waals surface area contributed by atoms with Crippen molar-refractivity contribution in [3.05, 3.63) is 23.8 Å². The Hall–Kier alpha value is -0.970. The lowest BCUT2D eigenvalue weighted by Crippen LogP contribution is -2.47. The fourth-order valence-electron chi connectivity index (χ4n) is 6.60. The van der Waals surface area contributed by atoms with Crippen molar-refractivity contribution in [3.63, 3.8) is 0 Å². The molecule has 1 aromatic carbocycles. The SMILES string of the molecule is CCCCN1CCN(c2ccc(N3CC[C@@H](OC)C3)cc2C2CCC(CC)(CC)CC2)CC1.Cl. The third kappa shape index (κ3) is 6.23. The van der Waals surface area contributed by atoms with Gasteiger partial charge in [-0.3, -0.25) is 4.90 Å². The number of rotatable bonds is 9. The maximum atomic E-state index is 5.66. The number of ether oxygens (including phenoxy) is 1. The van der Waals surface area contributed by atoms with E-state index in [4.69, 9.17) is 4.74 Å². The number of methoxy groups -OCH3 is 1. The van der Waals surface area contributed by atoms with Gasteiger partial charge in [-0.05, 0) is 80.2 Å². The highest BCUT2D eigenvalue weighted by molar-refractivity contribution is 5.85. The number of unbranched alkanes of at least 4 members (excludes halogenated alkanes) is 1. The molecule has 2 saturated heterocycles. The van der Waals surface area contributed by atoms with E-state index in [9.17, 15) is 0 Å². The Labute approximate surface area is 215 Å². The molecular formula is C29H50ClN3O. The number of hydrogen-bond donors (Lipinski definition) is 0. The van der Waals surface area contributed by atoms with Crippen LogP contribution >= 0.6 is 12.4 Å². The van der Waals surface area contributed by atoms with E-state index in [0.717, 1.165) is 19.5 Å². The third-order valence-electron chi connectivity index (χ3n) is 9.38. The summed E-state index contributed by atoms with van der Waals surface area (Å²) in [6.07, 6.45) is 12.3. The summed E-state index contributed by atoms with van der Waals surface area (Å²) in [5.41, 5.74) is 5.18. The molecule has 2 heterocycles. The van der Waals surface area contributed by atoms with Crippen LogP contribution in [-0.2, 0) is 4.74 Å². The summed E-state index contributed by atoms with van der Waals surface area (Å²) in [5, 5.41) is 0. The van der Waals surface area contributed by atoms with E-state index in [0.29, 0.717) is 17.4 Å². The largest absolute Gasteiger partial charge is 0.380 e. The van der Waals surface area contributed by atoms with Gasteiger partial charge in [0.2, 0.25) is 0 Å². The molecule has 0 amide bonds. The van der Waals surface area contributed by atoms with Gasteiger partial charge < -0.3 is 14.5 Å². The fourth-order valence-corrected chi connectivity index (χ4v) is 6.60. The molecule has 194 valence electrons. The van der Waals surface area contributed by atoms with Crippen molar-refractivity contribution in [2.75, 3.05) is 62.7 Å². The summed E-state index contributed by atoms with van der Waals surface area (Å²) in [7, 11) is 1.86. The van der Waals surface area contributed by atoms with Gasteiger partial charge >= 0.3 is 0 Å². The second-order valence-electron chi connectivity index (χ2n) is 11.0. The summed E-state index contributed by atoms with van der Waals surface area (Å²) in [4.78, 5) is 7.92. The molecule has 2 aliphatic heterocycles. The first-order chi connectivity index (χ1) is 16.1. The molecule has 4 rings (SSSR count). The minimum atomic E-state index is 0. The molecule has 0 radical (unpaired) electrons. The number of halogens is 1. The van der Waals surface area contributed by atoms with Crippen LogP contribution in [0.1, 0.15) is 90.0 Å². The Morgan fingerprint density at radius 1 is 0.912 bits per heavy atom. The highest BCUT2D eigenvalue weighted by Crippen LogP contribution is 2.49. The van der Waals surface area contributed by atoms with Gasteiger partial charge in [0, 0.05) is 57.8 Å². The minimum Gasteiger partial charge on any atom is -0.380 e. The van der Waals surface area contributed by atoms with Crippen molar-refractivity contribution in [2.24, 2.45) is 5.41 Å². The Morgan fingerprint density at radius 2 is 1.62 bits per heavy atom. The lowest BCUT2D eigenvalue weighted by Gasteiger charge is -2.42. The topological polar surface area (TPSA) is 19.0 Å². The Morgan fingerprint density at radius 3 is 2.21 bits per heavy atom. The summed E-state index contributed by atoms with van der Waals surface area (Å²) < 4.78 is 5.66. The van der Waals surface area contributed by atoms with Crippen LogP contribution < -0.4 is 9.80 Å². The maximum Gasteiger partial charge on any atom is 0.0762 e. The predicted molar refractivity (Wildman–Crippen MR) is 149 cm³/mol. The normalized spacial score (nSPS) is 23.8. The van der Waals surface area contributed by atoms with Crippen molar-refractivity contribution in [1.82, 2.24) is 4.90 Å². The van der Waals surface area contributed by atoms with Crippen molar-refractivity contribution < 1.29 is 4.74 Å². The number of piperazine rings is 1. The minimum absolute atomic E-state index is 0. The van der Waals surface area contributed by atoms with Crippen LogP contribution in [-0.4, -0.2) is 63.9 Å². The lowest BCUT2D eigenvalue weighted by molar-refractivity contribution is 0.121. The molecule has 0 bridgehead atoms. The van der Waals surface area contributed by atoms with Crippen molar-refractivity contribution in [1.29, 1.82) is 0 Å². The van der Waals surface area contributed by atoms with E-state index < -0.39 is 0 Å². The van der Waals surface area contributed by atoms with Crippen LogP contribution in [0.2, 0.25) is 0 Å². The van der Waals surface area contributed by atoms with E-state index in [2.05, 4.69) is 53.7 Å². The predicted octanol–water partition coefficient (Wildman–Crippen LogP) is 6.72. The molecule has 0 aromatic heterocycles. The molecule has 34 heavy (non-hydrogen) atoms. The number of hydrogen-bond acceptors (Lipinski definition) is 4. The van der Waals surface area contributed by atoms with Crippen LogP contribution in [0.3, 0.4) is 0 Å². The Bertz CT molecular complexity index is 735. The van der Waals surface area contributed by atoms with Gasteiger partial charge in [-0.15, -0.1) is 12.4 Å². The van der Waals surface area contributed by atoms with Gasteiger partial charge in [-0.25, -0.2) is 0 Å². The van der Waals surface area contributed by atoms with Crippen LogP contribution in [0.15, 0.2) is 18.2 Å². The zero-order chi connectivity index (χ0) is 23.3. The molecule has 3 aliphatic rings. The number of nitrogens with zero attached hydrogens (tertiary/aromatic N) is 3. The highest BCUT2D eigenvalue weighted by atomic mass is 35.5. The molecule has 0 N–H and O–H groups in total. The number of anilines is 2. The molecule has 4 nitrogen and oxygen atoms in total. The smallest absolute Gasteiger partial charge is 0.0762 e. The molecule has 1 atom stereocenters. The van der Waals surface area contributed by atoms with Crippen LogP contribution in [0.25, 0.3) is 0 Å². The Kier molecular flexibility index (Phi) is 10.4. The highest BCUT2D eigenvalue weighted by Gasteiger charge is 2.34. The molecule has 1 aromatic rings. The van der Waals surface area contributed by atoms with Crippen molar-refractivity contribution >= 4 is 23.8 Å². The monoisotopic (exact) mass is 491 g/mol. The average Bonchev–Trinajstić information content (AvgIpc) is 3.37. The van der Waals surface area contributed by atoms with E-state index in [1.54, 1.807) is 5.56 Å². The lowest BCUT2D eigenvalue weighted by atomic mass is 9.66. The van der Waals surface area contributed by atoms with E-state index in [1.165, 1.54) is 95.5 Å². The summed E-state index contributed by atoms with van der Waals surface area (Å²) in [5.74, 6) is 0.713. The molecule has 5 heteroatoms. The molecular weight excluding hydrogens is 442 g/mol. The standard InChI is InChI=1S/C29H49N3O.ClH/c1-5-8-16-30-18-20-31(21-19-30)28-10-9-25(32-17-13-26(23-32)33-4)22-27(28)24-11-14-29(6-2,7-3)15-12-24;/h9-10,22,24,26H,5-8,11-21,23H2,1-4H3;1H/t26-;/m1./s1. The van der Waals surface area contributed by atoms with E-state index in [-0.39, 0.29) is 12.4 Å². The first kappa shape index (κ1) is 27.6. The fraction of sp³-hybridized carbons (Fsp3) is 0.793. The average molecular weight is 492 g/mol. The van der Waals surface area contributed by atoms with Gasteiger partial charge in [-0.1, -0.05) is 40.0 Å². The summed E-state index contributed by atoms with van der Waals surface area (Å²) >= 11 is 0. The number of benzene rings is 1. The van der Waals surface area contributed by atoms with Gasteiger partial charge in [-0.2, -0.15) is 0 Å². The molecule has 1 saturated carbocycles. The zero-order valence-electron chi connectivity index (χ0n) is 22.4. The van der Waals surface area contributed by atoms with Crippen LogP contribution in [0.5, 0.6) is 0 Å². The second-order valence-corrected chi connectivity index (χ2v) is 11.0. The first-order valence-corrected chi connectivity index (χ1v) is 14.0. The van der Waals surface area contributed by atoms with Gasteiger partial charge in [0.1, 0.15) is 0 Å². The van der Waals surface area contributed by atoms with E-state index in [1.807, 2.05) is 7.11 Å². The second kappa shape index (κ2) is 12.8. The molecule has 0 spiro atoms. The Balaban J connectivity index is 0.00000324. The summed E-state index contributed by atoms with van der Waals surface area (Å²) in [6.45, 7) is 15.3. The summed E-state index contributed by atoms with van der Waals surface area (Å²) in [6, 6.07) is 7.44. The van der Waals surface area contributed by atoms with E-state index >= 15 is 0 Å². The molecule has 1 aliphatic carbocycles. The third-order valence-corrected chi connectivity index (χ3v) is 9.38. The quantitative estimate of drug-likeness (QED) is 0.381. The molecule has 3 fully saturated rings. The van der Waals surface area contributed by atoms with Crippen molar-refractivity contribution in [3.8, 4) is 0 Å². The van der Waals surface area contributed by atoms with Crippen molar-refractivity contribution in [2.45, 2.75) is 90.6 Å². The van der Waals surface area contributed by atoms with Gasteiger partial charge in [0.05, 0.1) is 6.10 Å². The zero-order valence-corrected chi connectivity index (χ0v) is 23.2. The van der Waals surface area contributed by atoms with Crippen LogP contribution in [0, 0.1) is 5.41 Å². The molecule has 0 unspecified atom stereocenters. The first-order valence-electron chi connectivity index (χ1n) is 14.0. The van der Waals surface area contributed by atoms with Crippen LogP contribution in [0.4, 0.5) is 11.4 Å². The van der Waals surface area contributed by atoms with Gasteiger partial charge in [0.15, 0.2) is 0 Å². The maximum absolute atomic E-state index is 5.66.